The van der Waals surface area contributed by atoms with Gasteiger partial charge in [0.15, 0.2) is 0 Å². The number of para-hydroxylation sites is 2. The first kappa shape index (κ1) is 45.4. The van der Waals surface area contributed by atoms with Crippen molar-refractivity contribution in [2.45, 2.75) is 130 Å². The molecule has 0 atom stereocenters. The van der Waals surface area contributed by atoms with Crippen LogP contribution >= 0.6 is 11.3 Å². The Labute approximate surface area is 416 Å². The Hall–Kier alpha value is -6.04. The summed E-state index contributed by atoms with van der Waals surface area (Å²) in [7, 11) is 0. The molecule has 1 aliphatic carbocycles. The molecule has 2 aliphatic heterocycles. The van der Waals surface area contributed by atoms with Crippen LogP contribution in [0.25, 0.3) is 10.1 Å². The van der Waals surface area contributed by atoms with Crippen LogP contribution in [0.5, 0.6) is 0 Å². The van der Waals surface area contributed by atoms with Crippen LogP contribution in [0.2, 0.25) is 0 Å². The van der Waals surface area contributed by atoms with E-state index in [1.54, 1.807) is 0 Å². The van der Waals surface area contributed by atoms with E-state index in [0.717, 1.165) is 23.5 Å². The third kappa shape index (κ3) is 7.53. The highest BCUT2D eigenvalue weighted by atomic mass is 32.1. The molecule has 69 heavy (non-hydrogen) atoms. The fraction of sp³-hybridized carbons (Fsp3) is 0.312. The van der Waals surface area contributed by atoms with Crippen LogP contribution in [0.3, 0.4) is 0 Å². The normalized spacial score (nSPS) is 15.9. The van der Waals surface area contributed by atoms with E-state index in [1.165, 1.54) is 94.2 Å². The molecule has 0 spiro atoms. The molecule has 0 unspecified atom stereocenters. The van der Waals surface area contributed by atoms with Crippen molar-refractivity contribution in [3.05, 3.63) is 179 Å². The quantitative estimate of drug-likeness (QED) is 0.159. The fourth-order valence-electron chi connectivity index (χ4n) is 11.5. The first-order chi connectivity index (χ1) is 32.6. The molecule has 0 saturated heterocycles. The lowest BCUT2D eigenvalue weighted by Crippen LogP contribution is -2.60. The second-order valence-corrected chi connectivity index (χ2v) is 25.7. The summed E-state index contributed by atoms with van der Waals surface area (Å²) in [6, 6.07) is 58.4. The van der Waals surface area contributed by atoms with Gasteiger partial charge in [0.1, 0.15) is 0 Å². The number of thiophene rings is 1. The van der Waals surface area contributed by atoms with Crippen molar-refractivity contribution in [1.29, 1.82) is 0 Å². The van der Waals surface area contributed by atoms with E-state index in [-0.39, 0.29) is 33.8 Å². The van der Waals surface area contributed by atoms with Gasteiger partial charge >= 0.3 is 0 Å². The summed E-state index contributed by atoms with van der Waals surface area (Å²) in [5.41, 5.74) is 20.6. The van der Waals surface area contributed by atoms with Crippen LogP contribution in [0.4, 0.5) is 51.2 Å². The summed E-state index contributed by atoms with van der Waals surface area (Å²) in [6.45, 7) is 30.9. The number of hydrogen-bond acceptors (Lipinski definition) is 4. The molecule has 0 fully saturated rings. The van der Waals surface area contributed by atoms with E-state index in [0.29, 0.717) is 0 Å². The molecule has 11 rings (SSSR count). The van der Waals surface area contributed by atoms with Gasteiger partial charge in [-0.05, 0) is 164 Å². The molecule has 8 aromatic rings. The van der Waals surface area contributed by atoms with Crippen molar-refractivity contribution in [2.75, 3.05) is 14.7 Å². The lowest BCUT2D eigenvalue weighted by Gasteiger charge is -2.46. The van der Waals surface area contributed by atoms with Gasteiger partial charge in [-0.25, -0.2) is 0 Å². The van der Waals surface area contributed by atoms with E-state index < -0.39 is 0 Å². The molecule has 0 saturated carbocycles. The monoisotopic (exact) mass is 922 g/mol. The third-order valence-corrected chi connectivity index (χ3v) is 17.0. The Morgan fingerprint density at radius 2 is 1.03 bits per heavy atom. The Morgan fingerprint density at radius 3 is 1.62 bits per heavy atom. The van der Waals surface area contributed by atoms with Crippen molar-refractivity contribution in [3.8, 4) is 0 Å². The summed E-state index contributed by atoms with van der Waals surface area (Å²) >= 11 is 1.99. The van der Waals surface area contributed by atoms with Crippen LogP contribution in [-0.4, -0.2) is 6.71 Å². The molecule has 348 valence electrons. The second-order valence-electron chi connectivity index (χ2n) is 24.6. The minimum atomic E-state index is -0.133. The average Bonchev–Trinajstić information content (AvgIpc) is 3.69. The van der Waals surface area contributed by atoms with Crippen molar-refractivity contribution < 1.29 is 0 Å². The Bertz CT molecular complexity index is 3250. The lowest BCUT2D eigenvalue weighted by molar-refractivity contribution is 0.332. The molecular weight excluding hydrogens is 854 g/mol. The van der Waals surface area contributed by atoms with Crippen LogP contribution in [0.15, 0.2) is 152 Å². The predicted octanol–water partition coefficient (Wildman–Crippen LogP) is 16.7. The van der Waals surface area contributed by atoms with Gasteiger partial charge < -0.3 is 14.7 Å². The van der Waals surface area contributed by atoms with E-state index in [9.17, 15) is 0 Å². The highest BCUT2D eigenvalue weighted by molar-refractivity contribution is 7.33. The number of fused-ring (bicyclic) bond motifs is 7. The maximum atomic E-state index is 2.66. The second kappa shape index (κ2) is 15.7. The van der Waals surface area contributed by atoms with Gasteiger partial charge in [0.05, 0.1) is 5.69 Å². The van der Waals surface area contributed by atoms with Gasteiger partial charge in [0.25, 0.3) is 6.71 Å². The van der Waals surface area contributed by atoms with Gasteiger partial charge in [-0.3, -0.25) is 0 Å². The molecule has 0 amide bonds. The lowest BCUT2D eigenvalue weighted by atomic mass is 9.36. The largest absolute Gasteiger partial charge is 0.311 e. The highest BCUT2D eigenvalue weighted by Crippen LogP contribution is 2.53. The minimum Gasteiger partial charge on any atom is -0.311 e. The molecular formula is C64H68BN3S. The number of anilines is 9. The van der Waals surface area contributed by atoms with Gasteiger partial charge in [0, 0.05) is 60.4 Å². The van der Waals surface area contributed by atoms with Crippen LogP contribution in [0.1, 0.15) is 131 Å². The molecule has 3 aliphatic rings. The fourth-order valence-corrected chi connectivity index (χ4v) is 12.8. The third-order valence-electron chi connectivity index (χ3n) is 15.8. The maximum absolute atomic E-state index is 2.66. The maximum Gasteiger partial charge on any atom is 0.264 e. The summed E-state index contributed by atoms with van der Waals surface area (Å²) in [4.78, 5) is 7.73. The highest BCUT2D eigenvalue weighted by Gasteiger charge is 2.47. The summed E-state index contributed by atoms with van der Waals surface area (Å²) in [5.74, 6) is 0. The number of benzene rings is 7. The van der Waals surface area contributed by atoms with E-state index in [1.807, 2.05) is 11.3 Å². The molecule has 7 aromatic carbocycles. The van der Waals surface area contributed by atoms with Gasteiger partial charge in [-0.2, -0.15) is 0 Å². The molecule has 0 bridgehead atoms. The minimum absolute atomic E-state index is 0.00226. The Balaban J connectivity index is 1.26. The zero-order valence-corrected chi connectivity index (χ0v) is 44.0. The zero-order chi connectivity index (χ0) is 48.6. The smallest absolute Gasteiger partial charge is 0.264 e. The Morgan fingerprint density at radius 1 is 0.478 bits per heavy atom. The van der Waals surface area contributed by atoms with E-state index >= 15 is 0 Å². The zero-order valence-electron chi connectivity index (χ0n) is 43.2. The molecule has 3 heterocycles. The first-order valence-electron chi connectivity index (χ1n) is 25.3. The van der Waals surface area contributed by atoms with E-state index in [4.69, 9.17) is 0 Å². The van der Waals surface area contributed by atoms with Crippen LogP contribution in [-0.2, 0) is 27.1 Å². The number of rotatable bonds is 5. The topological polar surface area (TPSA) is 9.72 Å². The van der Waals surface area contributed by atoms with Crippen LogP contribution in [0, 0.1) is 0 Å². The van der Waals surface area contributed by atoms with Crippen molar-refractivity contribution in [2.24, 2.45) is 0 Å². The summed E-state index contributed by atoms with van der Waals surface area (Å²) < 4.78 is 2.73. The molecule has 0 radical (unpaired) electrons. The molecule has 3 nitrogen and oxygen atoms in total. The van der Waals surface area contributed by atoms with Crippen molar-refractivity contribution in [3.63, 3.8) is 0 Å². The van der Waals surface area contributed by atoms with Crippen molar-refractivity contribution in [1.82, 2.24) is 0 Å². The van der Waals surface area contributed by atoms with Crippen molar-refractivity contribution >= 4 is 95.0 Å². The number of nitrogens with zero attached hydrogens (tertiary/aromatic N) is 3. The number of hydrogen-bond donors (Lipinski definition) is 0. The SMILES string of the molecule is CC(C)(C)c1ccc(N2c3cc(C(C)(C)C)cc4c3B(c3ccc(N(c5ccccc5)c5ccccc5)cc3N4c3ccc4c(c3)C(C)(C)CCC4(C)C)c3sc4ccc(C(C)(C)C)cc4c32)cc1. The Kier molecular flexibility index (Phi) is 10.4. The van der Waals surface area contributed by atoms with E-state index in [2.05, 4.69) is 256 Å². The standard InChI is InChI=1S/C64H68BN3S/c1-60(2,3)41-24-27-46(28-25-41)68-55-38-43(62(7,8)9)37-54-57(55)65(59-58(68)49-36-42(61(4,5)6)26-33-56(49)69-59)52-32-30-48(66(44-20-16-14-17-21-44)45-22-18-15-19-23-45)40-53(52)67(54)47-29-31-50-51(39-47)64(12,13)35-34-63(50,10)11/h14-33,36-40H,34-35H2,1-13H3. The average molecular weight is 922 g/mol. The predicted molar refractivity (Wildman–Crippen MR) is 302 cm³/mol. The van der Waals surface area contributed by atoms with Gasteiger partial charge in [0.2, 0.25) is 0 Å². The first-order valence-corrected chi connectivity index (χ1v) is 26.1. The summed E-state index contributed by atoms with van der Waals surface area (Å²) in [6.07, 6.45) is 2.34. The summed E-state index contributed by atoms with van der Waals surface area (Å²) in [5, 5.41) is 1.33. The van der Waals surface area contributed by atoms with Crippen LogP contribution < -0.4 is 30.4 Å². The van der Waals surface area contributed by atoms with Gasteiger partial charge in [-0.15, -0.1) is 11.3 Å². The molecule has 5 heteroatoms. The van der Waals surface area contributed by atoms with Gasteiger partial charge in [-0.1, -0.05) is 157 Å². The molecule has 0 N–H and O–H groups in total. The molecule has 1 aromatic heterocycles.